The van der Waals surface area contributed by atoms with E-state index in [1.165, 1.54) is 0 Å². The fourth-order valence-electron chi connectivity index (χ4n) is 2.38. The monoisotopic (exact) mass is 457 g/mol. The standard InChI is InChI=1S/C16H9F10NO.ClH/c17-11-6-8(14(18,19)20)5-10(15(21,22)23)12(11)13(27)7-1-3-9(4-2-7)28-16(24,25)26;/h1-6,13H,27H2;1H/t13-;/m0./s1. The predicted octanol–water partition coefficient (Wildman–Crippen LogP) is 6.23. The van der Waals surface area contributed by atoms with Crippen LogP contribution in [0.2, 0.25) is 0 Å². The van der Waals surface area contributed by atoms with E-state index in [9.17, 15) is 43.9 Å². The van der Waals surface area contributed by atoms with Crippen LogP contribution in [0.5, 0.6) is 5.75 Å². The van der Waals surface area contributed by atoms with Gasteiger partial charge in [0.1, 0.15) is 11.6 Å². The normalized spacial score (nSPS) is 13.6. The summed E-state index contributed by atoms with van der Waals surface area (Å²) in [5, 5.41) is 0. The van der Waals surface area contributed by atoms with Gasteiger partial charge in [0, 0.05) is 5.56 Å². The molecule has 0 fully saturated rings. The van der Waals surface area contributed by atoms with Gasteiger partial charge in [0.15, 0.2) is 0 Å². The van der Waals surface area contributed by atoms with Crippen LogP contribution in [0.3, 0.4) is 0 Å². The van der Waals surface area contributed by atoms with Crippen molar-refractivity contribution in [3.63, 3.8) is 0 Å². The van der Waals surface area contributed by atoms with Crippen molar-refractivity contribution in [1.29, 1.82) is 0 Å². The van der Waals surface area contributed by atoms with Crippen molar-refractivity contribution < 1.29 is 48.6 Å². The summed E-state index contributed by atoms with van der Waals surface area (Å²) in [6, 6.07) is 0.797. The van der Waals surface area contributed by atoms with Crippen LogP contribution in [0, 0.1) is 5.82 Å². The summed E-state index contributed by atoms with van der Waals surface area (Å²) in [6.07, 6.45) is -15.6. The SMILES string of the molecule is Cl.N[C@@H](c1ccc(OC(F)(F)F)cc1)c1c(F)cc(C(F)(F)F)cc1C(F)(F)F. The highest BCUT2D eigenvalue weighted by Crippen LogP contribution is 2.41. The predicted molar refractivity (Wildman–Crippen MR) is 82.8 cm³/mol. The molecule has 0 heterocycles. The molecule has 0 saturated carbocycles. The second-order valence-electron chi connectivity index (χ2n) is 5.51. The number of alkyl halides is 9. The first-order valence-electron chi connectivity index (χ1n) is 7.18. The van der Waals surface area contributed by atoms with Gasteiger partial charge in [-0.1, -0.05) is 12.1 Å². The van der Waals surface area contributed by atoms with Gasteiger partial charge in [-0.3, -0.25) is 0 Å². The van der Waals surface area contributed by atoms with E-state index in [0.717, 1.165) is 24.3 Å². The lowest BCUT2D eigenvalue weighted by atomic mass is 9.92. The van der Waals surface area contributed by atoms with E-state index in [4.69, 9.17) is 5.73 Å². The molecule has 0 radical (unpaired) electrons. The molecular weight excluding hydrogens is 448 g/mol. The van der Waals surface area contributed by atoms with E-state index < -0.39 is 53.0 Å². The Morgan fingerprint density at radius 3 is 1.72 bits per heavy atom. The van der Waals surface area contributed by atoms with Gasteiger partial charge in [-0.15, -0.1) is 25.6 Å². The highest BCUT2D eigenvalue weighted by molar-refractivity contribution is 5.85. The minimum Gasteiger partial charge on any atom is -0.406 e. The molecule has 2 aromatic rings. The third-order valence-electron chi connectivity index (χ3n) is 3.55. The van der Waals surface area contributed by atoms with E-state index in [0.29, 0.717) is 0 Å². The minimum atomic E-state index is -5.37. The summed E-state index contributed by atoms with van der Waals surface area (Å²) >= 11 is 0. The van der Waals surface area contributed by atoms with Crippen LogP contribution in [0.15, 0.2) is 36.4 Å². The van der Waals surface area contributed by atoms with Gasteiger partial charge in [0.25, 0.3) is 0 Å². The Hall–Kier alpha value is -2.21. The molecule has 2 N–H and O–H groups in total. The van der Waals surface area contributed by atoms with Crippen LogP contribution >= 0.6 is 12.4 Å². The van der Waals surface area contributed by atoms with Gasteiger partial charge in [0.05, 0.1) is 17.2 Å². The fraction of sp³-hybridized carbons (Fsp3) is 0.250. The van der Waals surface area contributed by atoms with Crippen LogP contribution < -0.4 is 10.5 Å². The molecule has 0 aliphatic heterocycles. The Morgan fingerprint density at radius 1 is 0.793 bits per heavy atom. The molecule has 0 spiro atoms. The number of hydrogen-bond donors (Lipinski definition) is 1. The summed E-state index contributed by atoms with van der Waals surface area (Å²) in [4.78, 5) is 0. The van der Waals surface area contributed by atoms with Crippen molar-refractivity contribution in [2.45, 2.75) is 24.8 Å². The third-order valence-corrected chi connectivity index (χ3v) is 3.55. The minimum absolute atomic E-state index is 0. The van der Waals surface area contributed by atoms with Crippen LogP contribution in [0.4, 0.5) is 43.9 Å². The quantitative estimate of drug-likeness (QED) is 0.554. The second kappa shape index (κ2) is 8.27. The largest absolute Gasteiger partial charge is 0.573 e. The zero-order chi connectivity index (χ0) is 21.5. The topological polar surface area (TPSA) is 35.2 Å². The lowest BCUT2D eigenvalue weighted by Crippen LogP contribution is -2.22. The molecular formula is C16H10ClF10NO. The molecule has 2 nitrogen and oxygen atoms in total. The maximum absolute atomic E-state index is 14.2. The molecule has 162 valence electrons. The third kappa shape index (κ3) is 6.13. The first kappa shape index (κ1) is 24.8. The lowest BCUT2D eigenvalue weighted by Gasteiger charge is -2.21. The van der Waals surface area contributed by atoms with E-state index in [2.05, 4.69) is 4.74 Å². The van der Waals surface area contributed by atoms with Crippen molar-refractivity contribution in [2.75, 3.05) is 0 Å². The number of rotatable bonds is 3. The van der Waals surface area contributed by atoms with Crippen LogP contribution in [-0.2, 0) is 12.4 Å². The molecule has 1 atom stereocenters. The number of ether oxygens (including phenoxy) is 1. The molecule has 0 aliphatic rings. The second-order valence-corrected chi connectivity index (χ2v) is 5.51. The number of nitrogens with two attached hydrogens (primary N) is 1. The Morgan fingerprint density at radius 2 is 1.31 bits per heavy atom. The Balaban J connectivity index is 0.00000420. The van der Waals surface area contributed by atoms with Crippen LogP contribution in [-0.4, -0.2) is 6.36 Å². The summed E-state index contributed by atoms with van der Waals surface area (Å²) < 4.78 is 132. The number of hydrogen-bond acceptors (Lipinski definition) is 2. The molecule has 2 rings (SSSR count). The summed E-state index contributed by atoms with van der Waals surface area (Å²) in [5.41, 5.74) is 0.214. The van der Waals surface area contributed by atoms with Crippen molar-refractivity contribution >= 4 is 12.4 Å². The zero-order valence-corrected chi connectivity index (χ0v) is 14.5. The molecule has 0 unspecified atom stereocenters. The number of benzene rings is 2. The van der Waals surface area contributed by atoms with Crippen molar-refractivity contribution in [3.05, 3.63) is 64.5 Å². The van der Waals surface area contributed by atoms with E-state index in [1.54, 1.807) is 0 Å². The van der Waals surface area contributed by atoms with Gasteiger partial charge < -0.3 is 10.5 Å². The smallest absolute Gasteiger partial charge is 0.406 e. The van der Waals surface area contributed by atoms with Crippen molar-refractivity contribution in [2.24, 2.45) is 5.73 Å². The first-order chi connectivity index (χ1) is 12.6. The highest BCUT2D eigenvalue weighted by atomic mass is 35.5. The van der Waals surface area contributed by atoms with E-state index >= 15 is 0 Å². The average molecular weight is 458 g/mol. The molecule has 0 aliphatic carbocycles. The summed E-state index contributed by atoms with van der Waals surface area (Å²) in [6.45, 7) is 0. The lowest BCUT2D eigenvalue weighted by molar-refractivity contribution is -0.274. The highest BCUT2D eigenvalue weighted by Gasteiger charge is 2.41. The Kier molecular flexibility index (Phi) is 7.08. The van der Waals surface area contributed by atoms with Gasteiger partial charge >= 0.3 is 18.7 Å². The maximum atomic E-state index is 14.2. The molecule has 0 amide bonds. The first-order valence-corrected chi connectivity index (χ1v) is 7.18. The average Bonchev–Trinajstić information content (AvgIpc) is 2.51. The van der Waals surface area contributed by atoms with Crippen molar-refractivity contribution in [1.82, 2.24) is 0 Å². The maximum Gasteiger partial charge on any atom is 0.573 e. The van der Waals surface area contributed by atoms with Gasteiger partial charge in [-0.25, -0.2) is 4.39 Å². The van der Waals surface area contributed by atoms with Crippen molar-refractivity contribution in [3.8, 4) is 5.75 Å². The summed E-state index contributed by atoms with van der Waals surface area (Å²) in [5.74, 6) is -2.57. The molecule has 0 bridgehead atoms. The fourth-order valence-corrected chi connectivity index (χ4v) is 2.38. The Bertz CT molecular complexity index is 843. The Labute approximate surface area is 162 Å². The summed E-state index contributed by atoms with van der Waals surface area (Å²) in [7, 11) is 0. The molecule has 0 aromatic heterocycles. The molecule has 29 heavy (non-hydrogen) atoms. The number of halogens is 11. The molecule has 13 heteroatoms. The van der Waals surface area contributed by atoms with Gasteiger partial charge in [-0.2, -0.15) is 26.3 Å². The van der Waals surface area contributed by atoms with E-state index in [-0.39, 0.29) is 30.1 Å². The zero-order valence-electron chi connectivity index (χ0n) is 13.7. The van der Waals surface area contributed by atoms with Gasteiger partial charge in [0.2, 0.25) is 0 Å². The molecule has 0 saturated heterocycles. The van der Waals surface area contributed by atoms with Crippen LogP contribution in [0.25, 0.3) is 0 Å². The van der Waals surface area contributed by atoms with E-state index in [1.807, 2.05) is 0 Å². The molecule has 2 aromatic carbocycles. The van der Waals surface area contributed by atoms with Crippen LogP contribution in [0.1, 0.15) is 28.3 Å². The van der Waals surface area contributed by atoms with Gasteiger partial charge in [-0.05, 0) is 29.8 Å².